The van der Waals surface area contributed by atoms with Crippen LogP contribution in [0.2, 0.25) is 0 Å². The number of rotatable bonds is 10. The van der Waals surface area contributed by atoms with E-state index in [1.54, 1.807) is 11.8 Å². The molecule has 35 heavy (non-hydrogen) atoms. The van der Waals surface area contributed by atoms with Gasteiger partial charge >= 0.3 is 0 Å². The molecule has 0 saturated carbocycles. The molecular formula is C28H40N2O4S. The highest BCUT2D eigenvalue weighted by molar-refractivity contribution is 7.99. The third kappa shape index (κ3) is 9.49. The Morgan fingerprint density at radius 1 is 1.00 bits per heavy atom. The smallest absolute Gasteiger partial charge is 0.261 e. The lowest BCUT2D eigenvalue weighted by molar-refractivity contribution is -0.202. The average molecular weight is 501 g/mol. The van der Waals surface area contributed by atoms with Crippen LogP contribution < -0.4 is 10.2 Å². The number of nitrogens with one attached hydrogen (secondary N) is 1. The van der Waals surface area contributed by atoms with Crippen molar-refractivity contribution in [2.75, 3.05) is 25.4 Å². The Bertz CT molecular complexity index is 838. The number of piperidine rings is 1. The standard InChI is InChI=1S/C26H34N2O4S.C2H6/c29-26(27-32-25-11-5-8-19-30-25)24(28-17-6-2-7-18-28)16-20-33-23-14-12-22(13-15-23)31-21-9-3-1-4-10-21;1-2/h1,3-4,9-10,12-15,24-25H,2,5-8,11,16-20H2,(H,27,29);1-2H3. The molecule has 0 aliphatic carbocycles. The number of ether oxygens (including phenoxy) is 2. The van der Waals surface area contributed by atoms with E-state index in [4.69, 9.17) is 14.3 Å². The van der Waals surface area contributed by atoms with Crippen molar-refractivity contribution in [1.29, 1.82) is 0 Å². The summed E-state index contributed by atoms with van der Waals surface area (Å²) in [5.41, 5.74) is 2.70. The summed E-state index contributed by atoms with van der Waals surface area (Å²) in [5.74, 6) is 2.44. The Hall–Kier alpha value is -2.06. The minimum atomic E-state index is -0.323. The molecule has 2 unspecified atom stereocenters. The zero-order valence-corrected chi connectivity index (χ0v) is 21.9. The van der Waals surface area contributed by atoms with Crippen LogP contribution >= 0.6 is 11.8 Å². The van der Waals surface area contributed by atoms with Gasteiger partial charge in [-0.3, -0.25) is 9.69 Å². The predicted octanol–water partition coefficient (Wildman–Crippen LogP) is 6.42. The largest absolute Gasteiger partial charge is 0.457 e. The SMILES string of the molecule is CC.O=C(NOC1CCCCO1)C(CCSc1ccc(Oc2ccccc2)cc1)N1CCCCC1. The maximum absolute atomic E-state index is 13.0. The number of nitrogens with zero attached hydrogens (tertiary/aromatic N) is 1. The molecule has 0 radical (unpaired) electrons. The molecule has 2 saturated heterocycles. The van der Waals surface area contributed by atoms with Gasteiger partial charge in [0.05, 0.1) is 6.04 Å². The van der Waals surface area contributed by atoms with Crippen LogP contribution in [-0.4, -0.2) is 48.6 Å². The van der Waals surface area contributed by atoms with E-state index in [0.29, 0.717) is 6.61 Å². The van der Waals surface area contributed by atoms with Crippen LogP contribution in [0.5, 0.6) is 11.5 Å². The summed E-state index contributed by atoms with van der Waals surface area (Å²) in [5, 5.41) is 0. The Kier molecular flexibility index (Phi) is 12.5. The molecule has 7 heteroatoms. The van der Waals surface area contributed by atoms with Crippen LogP contribution in [0.3, 0.4) is 0 Å². The fourth-order valence-corrected chi connectivity index (χ4v) is 5.13. The number of benzene rings is 2. The van der Waals surface area contributed by atoms with Crippen molar-refractivity contribution in [3.63, 3.8) is 0 Å². The van der Waals surface area contributed by atoms with E-state index in [1.807, 2.05) is 56.3 Å². The Morgan fingerprint density at radius 2 is 1.71 bits per heavy atom. The third-order valence-corrected chi connectivity index (χ3v) is 7.07. The number of hydrogen-bond acceptors (Lipinski definition) is 6. The van der Waals surface area contributed by atoms with Crippen LogP contribution in [-0.2, 0) is 14.4 Å². The van der Waals surface area contributed by atoms with Gasteiger partial charge in [-0.1, -0.05) is 38.5 Å². The molecule has 2 aliphatic heterocycles. The van der Waals surface area contributed by atoms with Gasteiger partial charge < -0.3 is 9.47 Å². The third-order valence-electron chi connectivity index (χ3n) is 6.03. The van der Waals surface area contributed by atoms with Gasteiger partial charge in [0.1, 0.15) is 11.5 Å². The van der Waals surface area contributed by atoms with E-state index in [9.17, 15) is 4.79 Å². The second kappa shape index (κ2) is 15.8. The lowest BCUT2D eigenvalue weighted by Crippen LogP contribution is -2.50. The second-order valence-electron chi connectivity index (χ2n) is 8.52. The molecule has 2 heterocycles. The monoisotopic (exact) mass is 500 g/mol. The summed E-state index contributed by atoms with van der Waals surface area (Å²) >= 11 is 1.76. The van der Waals surface area contributed by atoms with Gasteiger partial charge in [0.25, 0.3) is 5.91 Å². The topological polar surface area (TPSA) is 60.0 Å². The van der Waals surface area contributed by atoms with Gasteiger partial charge in [0, 0.05) is 23.7 Å². The Labute approximate surface area is 214 Å². The molecule has 1 N–H and O–H groups in total. The van der Waals surface area contributed by atoms with Crippen molar-refractivity contribution >= 4 is 17.7 Å². The van der Waals surface area contributed by atoms with Gasteiger partial charge in [-0.15, -0.1) is 11.8 Å². The molecule has 2 aromatic rings. The molecule has 2 atom stereocenters. The summed E-state index contributed by atoms with van der Waals surface area (Å²) in [4.78, 5) is 22.0. The summed E-state index contributed by atoms with van der Waals surface area (Å²) < 4.78 is 11.4. The summed E-state index contributed by atoms with van der Waals surface area (Å²) in [7, 11) is 0. The van der Waals surface area contributed by atoms with Crippen LogP contribution in [0, 0.1) is 0 Å². The fraction of sp³-hybridized carbons (Fsp3) is 0.536. The van der Waals surface area contributed by atoms with E-state index in [2.05, 4.69) is 22.5 Å². The van der Waals surface area contributed by atoms with E-state index in [-0.39, 0.29) is 18.2 Å². The van der Waals surface area contributed by atoms with Crippen LogP contribution in [0.25, 0.3) is 0 Å². The van der Waals surface area contributed by atoms with Gasteiger partial charge in [0.2, 0.25) is 0 Å². The molecule has 1 amide bonds. The number of para-hydroxylation sites is 1. The fourth-order valence-electron chi connectivity index (χ4n) is 4.22. The van der Waals surface area contributed by atoms with Crippen molar-refractivity contribution < 1.29 is 19.1 Å². The van der Waals surface area contributed by atoms with Gasteiger partial charge in [0.15, 0.2) is 6.29 Å². The molecule has 0 aromatic heterocycles. The molecule has 2 aliphatic rings. The Balaban J connectivity index is 0.00000167. The lowest BCUT2D eigenvalue weighted by atomic mass is 10.1. The Morgan fingerprint density at radius 3 is 2.40 bits per heavy atom. The van der Waals surface area contributed by atoms with Gasteiger partial charge in [-0.25, -0.2) is 10.3 Å². The molecule has 4 rings (SSSR count). The number of carbonyl (C=O) groups excluding carboxylic acids is 1. The van der Waals surface area contributed by atoms with E-state index < -0.39 is 0 Å². The van der Waals surface area contributed by atoms with Crippen LogP contribution in [0.1, 0.15) is 58.8 Å². The van der Waals surface area contributed by atoms with Gasteiger partial charge in [-0.2, -0.15) is 0 Å². The first-order chi connectivity index (χ1) is 17.3. The van der Waals surface area contributed by atoms with E-state index in [0.717, 1.165) is 68.9 Å². The van der Waals surface area contributed by atoms with E-state index in [1.165, 1.54) is 11.3 Å². The van der Waals surface area contributed by atoms with Crippen LogP contribution in [0.15, 0.2) is 59.5 Å². The zero-order valence-electron chi connectivity index (χ0n) is 21.1. The number of amides is 1. The number of hydroxylamine groups is 1. The molecule has 0 bridgehead atoms. The zero-order chi connectivity index (χ0) is 24.7. The van der Waals surface area contributed by atoms with Crippen LogP contribution in [0.4, 0.5) is 0 Å². The van der Waals surface area contributed by atoms with Crippen molar-refractivity contribution in [3.05, 3.63) is 54.6 Å². The lowest BCUT2D eigenvalue weighted by Gasteiger charge is -2.34. The highest BCUT2D eigenvalue weighted by atomic mass is 32.2. The second-order valence-corrected chi connectivity index (χ2v) is 9.68. The molecular weight excluding hydrogens is 460 g/mol. The minimum Gasteiger partial charge on any atom is -0.457 e. The van der Waals surface area contributed by atoms with Gasteiger partial charge in [-0.05, 0) is 81.6 Å². The number of thioether (sulfide) groups is 1. The first-order valence-electron chi connectivity index (χ1n) is 13.0. The highest BCUT2D eigenvalue weighted by Gasteiger charge is 2.28. The minimum absolute atomic E-state index is 0.0571. The average Bonchev–Trinajstić information content (AvgIpc) is 2.93. The molecule has 0 spiro atoms. The summed E-state index contributed by atoms with van der Waals surface area (Å²) in [6.07, 6.45) is 6.93. The maximum atomic E-state index is 13.0. The molecule has 2 fully saturated rings. The first-order valence-corrected chi connectivity index (χ1v) is 14.0. The highest BCUT2D eigenvalue weighted by Crippen LogP contribution is 2.26. The number of carbonyl (C=O) groups is 1. The van der Waals surface area contributed by atoms with Crippen molar-refractivity contribution in [1.82, 2.24) is 10.4 Å². The molecule has 192 valence electrons. The molecule has 6 nitrogen and oxygen atoms in total. The summed E-state index contributed by atoms with van der Waals surface area (Å²) in [6, 6.07) is 17.7. The van der Waals surface area contributed by atoms with Crippen molar-refractivity contribution in [2.24, 2.45) is 0 Å². The normalized spacial score (nSPS) is 19.2. The van der Waals surface area contributed by atoms with Crippen molar-refractivity contribution in [3.8, 4) is 11.5 Å². The number of likely N-dealkylation sites (tertiary alicyclic amines) is 1. The maximum Gasteiger partial charge on any atom is 0.261 e. The molecule has 2 aromatic carbocycles. The first kappa shape index (κ1) is 27.5. The van der Waals surface area contributed by atoms with E-state index >= 15 is 0 Å². The number of hydrogen-bond donors (Lipinski definition) is 1. The van der Waals surface area contributed by atoms with Crippen molar-refractivity contribution in [2.45, 2.75) is 76.0 Å². The summed E-state index contributed by atoms with van der Waals surface area (Å²) in [6.45, 7) is 6.63. The predicted molar refractivity (Wildman–Crippen MR) is 142 cm³/mol. The quantitative estimate of drug-likeness (QED) is 0.300.